The second kappa shape index (κ2) is 41.9. The number of carboxylic acid groups (broad SMARTS) is 1. The summed E-state index contributed by atoms with van der Waals surface area (Å²) >= 11 is 0. The van der Waals surface area contributed by atoms with Gasteiger partial charge in [-0.2, -0.15) is 4.39 Å². The number of para-hydroxylation sites is 7. The lowest BCUT2D eigenvalue weighted by molar-refractivity contribution is -0.387. The number of benzene rings is 4. The second-order valence-corrected chi connectivity index (χ2v) is 27.8. The second-order valence-electron chi connectivity index (χ2n) is 27.8. The van der Waals surface area contributed by atoms with Crippen molar-refractivity contribution in [2.75, 3.05) is 52.9 Å². The molecule has 0 aliphatic carbocycles. The molecule has 0 bridgehead atoms. The molecule has 0 aliphatic rings. The number of halogens is 1. The van der Waals surface area contributed by atoms with Gasteiger partial charge < -0.3 is 99.0 Å². The topological polar surface area (TPSA) is 439 Å². The monoisotopic (exact) mass is 1580 g/mol. The highest BCUT2D eigenvalue weighted by molar-refractivity contribution is 5.93. The van der Waals surface area contributed by atoms with Gasteiger partial charge in [-0.25, -0.2) is 24.2 Å². The number of nitrogens with one attached hydrogen (secondary N) is 7. The number of carboxylic acids is 1. The van der Waals surface area contributed by atoms with E-state index in [1.807, 2.05) is 170 Å². The lowest BCUT2D eigenvalue weighted by atomic mass is 10.2. The first-order chi connectivity index (χ1) is 54.7. The van der Waals surface area contributed by atoms with Crippen molar-refractivity contribution in [3.8, 4) is 5.75 Å². The number of nitro groups is 1. The van der Waals surface area contributed by atoms with E-state index in [9.17, 15) is 57.7 Å². The molecular weight excluding hydrogens is 1490 g/mol. The molecule has 13 aromatic rings. The van der Waals surface area contributed by atoms with E-state index < -0.39 is 57.5 Å². The van der Waals surface area contributed by atoms with Gasteiger partial charge in [0, 0.05) is 102 Å². The maximum absolute atomic E-state index is 12.8. The van der Waals surface area contributed by atoms with E-state index in [2.05, 4.69) is 41.5 Å². The number of aromatic nitrogens is 9. The molecular formula is C81H96FN17O16. The van der Waals surface area contributed by atoms with Crippen molar-refractivity contribution in [1.82, 2.24) is 68.4 Å². The molecule has 33 nitrogen and oxygen atoms in total. The Morgan fingerprint density at radius 1 is 0.461 bits per heavy atom. The molecule has 0 aliphatic heterocycles. The average Bonchev–Trinajstić information content (AvgIpc) is 1.73. The summed E-state index contributed by atoms with van der Waals surface area (Å²) in [4.78, 5) is 124. The molecule has 0 unspecified atom stereocenters. The van der Waals surface area contributed by atoms with Crippen LogP contribution in [-0.4, -0.2) is 158 Å². The first kappa shape index (κ1) is 88.3. The molecule has 0 atom stereocenters. The number of H-pyrrole nitrogens is 2. The number of nitrogens with zero attached hydrogens (tertiary/aromatic N) is 8. The minimum Gasteiger partial charge on any atom is -0.495 e. The molecule has 115 heavy (non-hydrogen) atoms. The maximum Gasteiger partial charge on any atom is 0.407 e. The minimum atomic E-state index is -0.921. The molecule has 608 valence electrons. The SMILES string of the molecule is CC(C)(C)OC(=O)NCCN.CC(C)(C)OC(=O)NCCNC(=O)c1ccc[nH]1.CC(C)(C)OC(=O)NCCn1c(=O)c2cccn2c2ccccc21.COc1ccc(C(=O)NCCn2c(=O)c3cccn3c3ccccc32)nc1.NCCn1c(=O)c2cccn2c2ccccc21.O=C(O)c1ccc[nH]1.O=[N+]([O-])c1ccccc1F. The number of nitrogens with two attached hydrogens (primary N) is 2. The van der Waals surface area contributed by atoms with E-state index in [-0.39, 0.29) is 34.2 Å². The highest BCUT2D eigenvalue weighted by Crippen LogP contribution is 2.20. The van der Waals surface area contributed by atoms with Gasteiger partial charge >= 0.3 is 29.9 Å². The van der Waals surface area contributed by atoms with Gasteiger partial charge in [-0.05, 0) is 178 Å². The molecule has 9 aromatic heterocycles. The van der Waals surface area contributed by atoms with Gasteiger partial charge in [-0.3, -0.25) is 34.1 Å². The molecule has 0 spiro atoms. The Morgan fingerprint density at radius 2 is 0.835 bits per heavy atom. The highest BCUT2D eigenvalue weighted by atomic mass is 19.1. The first-order valence-electron chi connectivity index (χ1n) is 36.3. The standard InChI is InChI=1S/C20H18N4O3.C18H21N3O3.C13H13N3O.C12H19N3O3.C7H16N2O2.C6H4FNO2.C5H5NO2/c1-27-14-8-9-15(22-13-14)19(25)21-10-12-24-17-6-3-2-5-16(17)23-11-4-7-18(23)20(24)26;1-18(2,3)24-17(23)19-10-12-21-14-8-5-4-7-13(14)20-11-6-9-15(20)16(21)22;14-7-9-16-11-5-2-1-4-10(11)15-8-3-6-12(15)13(16)17;1-12(2,3)18-11(17)15-8-7-14-10(16)9-5-4-6-13-9;1-7(2,3)11-6(10)9-5-4-8;7-5-3-1-2-4-6(5)8(9)10;7-5(8)4-2-1-3-6-4/h2-9,11,13H,10,12H2,1H3,(H,21,25);4-9,11H,10,12H2,1-3H3,(H,19,23);1-6,8H,7,9,14H2;4-6,13H,7-8H2,1-3H3,(H,14,16)(H,15,17);4-5,8H2,1-3H3,(H,9,10);1-4H;1-3,6H,(H,7,8). The largest absolute Gasteiger partial charge is 0.495 e. The lowest BCUT2D eigenvalue weighted by Crippen LogP contribution is -2.37. The van der Waals surface area contributed by atoms with Crippen molar-refractivity contribution in [2.45, 2.75) is 98.8 Å². The predicted molar refractivity (Wildman–Crippen MR) is 435 cm³/mol. The summed E-state index contributed by atoms with van der Waals surface area (Å²) in [5.74, 6) is -1.63. The summed E-state index contributed by atoms with van der Waals surface area (Å²) in [5, 5.41) is 31.5. The van der Waals surface area contributed by atoms with Crippen LogP contribution in [0, 0.1) is 15.9 Å². The van der Waals surface area contributed by atoms with Gasteiger partial charge in [0.2, 0.25) is 5.82 Å². The first-order valence-corrected chi connectivity index (χ1v) is 36.3. The fraction of sp³-hybridized carbons (Fsp3) is 0.284. The Balaban J connectivity index is 0.000000192. The number of amides is 5. The zero-order chi connectivity index (χ0) is 84.0. The van der Waals surface area contributed by atoms with E-state index in [1.165, 1.54) is 24.4 Å². The van der Waals surface area contributed by atoms with Crippen molar-refractivity contribution < 1.29 is 62.1 Å². The summed E-state index contributed by atoms with van der Waals surface area (Å²) in [6.45, 7) is 20.2. The van der Waals surface area contributed by atoms with Gasteiger partial charge in [0.1, 0.15) is 56.2 Å². The molecule has 34 heteroatoms. The predicted octanol–water partition coefficient (Wildman–Crippen LogP) is 10.3. The summed E-state index contributed by atoms with van der Waals surface area (Å²) in [7, 11) is 1.54. The number of hydrogen-bond donors (Lipinski definition) is 10. The molecule has 13 rings (SSSR count). The zero-order valence-corrected chi connectivity index (χ0v) is 65.4. The van der Waals surface area contributed by atoms with Crippen LogP contribution in [-0.2, 0) is 33.8 Å². The van der Waals surface area contributed by atoms with E-state index >= 15 is 0 Å². The average molecular weight is 1580 g/mol. The van der Waals surface area contributed by atoms with Crippen LogP contribution >= 0.6 is 0 Å². The van der Waals surface area contributed by atoms with E-state index in [0.29, 0.717) is 99.1 Å². The van der Waals surface area contributed by atoms with Gasteiger partial charge in [-0.15, -0.1) is 0 Å². The third-order valence-electron chi connectivity index (χ3n) is 15.7. The molecule has 4 aromatic carbocycles. The van der Waals surface area contributed by atoms with Crippen molar-refractivity contribution >= 4 is 91.4 Å². The molecule has 0 radical (unpaired) electrons. The molecule has 0 saturated heterocycles. The molecule has 12 N–H and O–H groups in total. The Hall–Kier alpha value is -13.9. The summed E-state index contributed by atoms with van der Waals surface area (Å²) in [6, 6.07) is 49.2. The number of aromatic carboxylic acids is 1. The number of methoxy groups -OCH3 is 1. The van der Waals surface area contributed by atoms with Crippen molar-refractivity contribution in [2.24, 2.45) is 11.5 Å². The van der Waals surface area contributed by atoms with Gasteiger partial charge in [0.05, 0.1) is 51.3 Å². The Labute approximate surface area is 659 Å². The Kier molecular flexibility index (Phi) is 32.2. The molecule has 0 fully saturated rings. The molecule has 5 amide bonds. The van der Waals surface area contributed by atoms with Crippen LogP contribution in [0.25, 0.3) is 49.7 Å². The van der Waals surface area contributed by atoms with Crippen LogP contribution in [0.4, 0.5) is 24.5 Å². The highest BCUT2D eigenvalue weighted by Gasteiger charge is 2.20. The molecule has 9 heterocycles. The van der Waals surface area contributed by atoms with Crippen molar-refractivity contribution in [1.29, 1.82) is 0 Å². The van der Waals surface area contributed by atoms with Gasteiger partial charge in [0.25, 0.3) is 28.5 Å². The van der Waals surface area contributed by atoms with Gasteiger partial charge in [-0.1, -0.05) is 48.5 Å². The summed E-state index contributed by atoms with van der Waals surface area (Å²) in [5.41, 5.74) is 17.1. The fourth-order valence-electron chi connectivity index (χ4n) is 10.9. The number of nitro benzene ring substituents is 1. The normalized spacial score (nSPS) is 10.9. The fourth-order valence-corrected chi connectivity index (χ4v) is 10.9. The number of fused-ring (bicyclic) bond motifs is 9. The van der Waals surface area contributed by atoms with E-state index in [0.717, 1.165) is 45.2 Å². The van der Waals surface area contributed by atoms with Crippen LogP contribution in [0.2, 0.25) is 0 Å². The third kappa shape index (κ3) is 26.4. The quantitative estimate of drug-likeness (QED) is 0.0165. The number of carbonyl (C=O) groups is 6. The van der Waals surface area contributed by atoms with Crippen LogP contribution in [0.15, 0.2) is 221 Å². The van der Waals surface area contributed by atoms with Crippen molar-refractivity contribution in [3.63, 3.8) is 0 Å². The number of aromatic amines is 2. The minimum absolute atomic E-state index is 0.0131. The van der Waals surface area contributed by atoms with E-state index in [1.54, 1.807) is 96.4 Å². The van der Waals surface area contributed by atoms with Gasteiger partial charge in [0.15, 0.2) is 0 Å². The van der Waals surface area contributed by atoms with Crippen LogP contribution < -0.4 is 59.5 Å². The number of hydrogen-bond acceptors (Lipinski definition) is 18. The maximum atomic E-state index is 12.8. The van der Waals surface area contributed by atoms with E-state index in [4.69, 9.17) is 35.5 Å². The number of alkyl carbamates (subject to hydrolysis) is 3. The van der Waals surface area contributed by atoms with Crippen LogP contribution in [0.1, 0.15) is 93.8 Å². The van der Waals surface area contributed by atoms with Crippen LogP contribution in [0.3, 0.4) is 0 Å². The lowest BCUT2D eigenvalue weighted by Gasteiger charge is -2.20. The Bertz CT molecular complexity index is 5590. The third-order valence-corrected chi connectivity index (χ3v) is 15.7. The number of ether oxygens (including phenoxy) is 4. The molecule has 0 saturated carbocycles. The smallest absolute Gasteiger partial charge is 0.407 e. The van der Waals surface area contributed by atoms with Crippen LogP contribution in [0.5, 0.6) is 5.75 Å². The number of rotatable bonds is 18. The Morgan fingerprint density at radius 3 is 1.19 bits per heavy atom. The van der Waals surface area contributed by atoms with Crippen molar-refractivity contribution in [3.05, 3.63) is 271 Å². The number of pyridine rings is 1. The number of carbonyl (C=O) groups excluding carboxylic acids is 5. The summed E-state index contributed by atoms with van der Waals surface area (Å²) in [6.07, 6.45) is 9.02. The summed E-state index contributed by atoms with van der Waals surface area (Å²) < 4.78 is 43.4. The zero-order valence-electron chi connectivity index (χ0n) is 65.4.